The van der Waals surface area contributed by atoms with Crippen LogP contribution in [-0.2, 0) is 0 Å². The summed E-state index contributed by atoms with van der Waals surface area (Å²) in [4.78, 5) is 2.46. The average Bonchev–Trinajstić information content (AvgIpc) is 2.18. The van der Waals surface area contributed by atoms with E-state index in [0.717, 1.165) is 0 Å². The zero-order valence-electron chi connectivity index (χ0n) is 9.55. The number of rotatable bonds is 4. The fourth-order valence-corrected chi connectivity index (χ4v) is 2.18. The molecule has 0 aliphatic carbocycles. The Morgan fingerprint density at radius 1 is 1.15 bits per heavy atom. The van der Waals surface area contributed by atoms with Crippen molar-refractivity contribution in [2.24, 2.45) is 0 Å². The highest BCUT2D eigenvalue weighted by molar-refractivity contribution is 4.59. The van der Waals surface area contributed by atoms with Crippen LogP contribution in [0, 0.1) is 0 Å². The molecule has 0 amide bonds. The Kier molecular flexibility index (Phi) is 4.20. The summed E-state index contributed by atoms with van der Waals surface area (Å²) in [7, 11) is 2.24. The molecule has 0 radical (unpaired) electrons. The van der Waals surface area contributed by atoms with Gasteiger partial charge in [0.1, 0.15) is 0 Å². The maximum Gasteiger partial charge on any atom is 0.0916 e. The van der Waals surface area contributed by atoms with Gasteiger partial charge >= 0.3 is 0 Å². The predicted octanol–water partition coefficient (Wildman–Crippen LogP) is 1.57. The van der Waals surface area contributed by atoms with Crippen molar-refractivity contribution in [2.45, 2.75) is 26.7 Å². The quantitative estimate of drug-likeness (QED) is 0.601. The summed E-state index contributed by atoms with van der Waals surface area (Å²) in [6.07, 6.45) is 2.74. The Balaban J connectivity index is 2.40. The second kappa shape index (κ2) is 4.97. The molecule has 0 saturated carbocycles. The third-order valence-corrected chi connectivity index (χ3v) is 3.57. The SMILES string of the molecule is CCCC[N+]1(CC)CCN(C)CC1. The molecule has 13 heavy (non-hydrogen) atoms. The molecule has 0 bridgehead atoms. The first-order valence-corrected chi connectivity index (χ1v) is 5.76. The molecular weight excluding hydrogens is 160 g/mol. The molecule has 1 fully saturated rings. The van der Waals surface area contributed by atoms with Gasteiger partial charge in [0.05, 0.1) is 26.2 Å². The molecule has 0 aromatic heterocycles. The average molecular weight is 185 g/mol. The lowest BCUT2D eigenvalue weighted by atomic mass is 10.2. The number of hydrogen-bond donors (Lipinski definition) is 0. The van der Waals surface area contributed by atoms with Crippen molar-refractivity contribution in [3.63, 3.8) is 0 Å². The van der Waals surface area contributed by atoms with Gasteiger partial charge in [0, 0.05) is 13.1 Å². The summed E-state index contributed by atoms with van der Waals surface area (Å²) >= 11 is 0. The molecule has 1 aliphatic rings. The Morgan fingerprint density at radius 3 is 2.23 bits per heavy atom. The summed E-state index contributed by atoms with van der Waals surface area (Å²) in [5.74, 6) is 0. The van der Waals surface area contributed by atoms with Crippen molar-refractivity contribution in [3.05, 3.63) is 0 Å². The van der Waals surface area contributed by atoms with Crippen LogP contribution in [0.2, 0.25) is 0 Å². The Hall–Kier alpha value is -0.0800. The van der Waals surface area contributed by atoms with E-state index >= 15 is 0 Å². The Labute approximate surface area is 83.1 Å². The third kappa shape index (κ3) is 2.96. The lowest BCUT2D eigenvalue weighted by Crippen LogP contribution is -2.59. The fourth-order valence-electron chi connectivity index (χ4n) is 2.18. The molecule has 0 aromatic rings. The van der Waals surface area contributed by atoms with Gasteiger partial charge in [0.2, 0.25) is 0 Å². The van der Waals surface area contributed by atoms with Gasteiger partial charge in [-0.05, 0) is 20.4 Å². The van der Waals surface area contributed by atoms with Crippen molar-refractivity contribution in [3.8, 4) is 0 Å². The van der Waals surface area contributed by atoms with Crippen LogP contribution in [0.4, 0.5) is 0 Å². The van der Waals surface area contributed by atoms with Gasteiger partial charge in [-0.15, -0.1) is 0 Å². The summed E-state index contributed by atoms with van der Waals surface area (Å²) in [6, 6.07) is 0. The molecule has 0 N–H and O–H groups in total. The van der Waals surface area contributed by atoms with E-state index < -0.39 is 0 Å². The minimum absolute atomic E-state index is 1.29. The lowest BCUT2D eigenvalue weighted by Gasteiger charge is -2.43. The summed E-state index contributed by atoms with van der Waals surface area (Å²) < 4.78 is 1.37. The highest BCUT2D eigenvalue weighted by Gasteiger charge is 2.28. The van der Waals surface area contributed by atoms with Crippen LogP contribution in [0.3, 0.4) is 0 Å². The smallest absolute Gasteiger partial charge is 0.0916 e. The van der Waals surface area contributed by atoms with Crippen LogP contribution < -0.4 is 0 Å². The van der Waals surface area contributed by atoms with E-state index in [1.54, 1.807) is 0 Å². The van der Waals surface area contributed by atoms with E-state index in [1.807, 2.05) is 0 Å². The van der Waals surface area contributed by atoms with Crippen LogP contribution in [0.25, 0.3) is 0 Å². The van der Waals surface area contributed by atoms with Gasteiger partial charge in [-0.3, -0.25) is 4.90 Å². The Bertz CT molecular complexity index is 132. The normalized spacial score (nSPS) is 23.3. The number of nitrogens with zero attached hydrogens (tertiary/aromatic N) is 2. The van der Waals surface area contributed by atoms with Crippen LogP contribution >= 0.6 is 0 Å². The van der Waals surface area contributed by atoms with Crippen molar-refractivity contribution >= 4 is 0 Å². The van der Waals surface area contributed by atoms with Gasteiger partial charge in [-0.2, -0.15) is 0 Å². The zero-order chi connectivity index (χ0) is 9.73. The first kappa shape index (κ1) is 11.0. The van der Waals surface area contributed by atoms with Gasteiger partial charge < -0.3 is 4.48 Å². The largest absolute Gasteiger partial charge is 0.322 e. The van der Waals surface area contributed by atoms with Crippen molar-refractivity contribution in [2.75, 3.05) is 46.3 Å². The summed E-state index contributed by atoms with van der Waals surface area (Å²) in [5.41, 5.74) is 0. The number of hydrogen-bond acceptors (Lipinski definition) is 1. The molecule has 1 rings (SSSR count). The molecule has 1 saturated heterocycles. The molecule has 0 aromatic carbocycles. The van der Waals surface area contributed by atoms with Crippen molar-refractivity contribution < 1.29 is 4.48 Å². The van der Waals surface area contributed by atoms with E-state index in [1.165, 1.54) is 56.6 Å². The van der Waals surface area contributed by atoms with Crippen molar-refractivity contribution in [1.29, 1.82) is 0 Å². The standard InChI is InChI=1S/C11H25N2/c1-4-6-9-13(5-2)10-7-12(3)8-11-13/h4-11H2,1-3H3/q+1. The first-order chi connectivity index (χ1) is 6.22. The van der Waals surface area contributed by atoms with E-state index in [-0.39, 0.29) is 0 Å². The van der Waals surface area contributed by atoms with E-state index in [2.05, 4.69) is 25.8 Å². The van der Waals surface area contributed by atoms with Gasteiger partial charge in [0.15, 0.2) is 0 Å². The predicted molar refractivity (Wildman–Crippen MR) is 57.8 cm³/mol. The minimum atomic E-state index is 1.29. The molecule has 1 aliphatic heterocycles. The van der Waals surface area contributed by atoms with E-state index in [0.29, 0.717) is 0 Å². The molecule has 0 spiro atoms. The van der Waals surface area contributed by atoms with Crippen LogP contribution in [0.5, 0.6) is 0 Å². The molecule has 2 nitrogen and oxygen atoms in total. The third-order valence-electron chi connectivity index (χ3n) is 3.57. The second-order valence-corrected chi connectivity index (χ2v) is 4.49. The summed E-state index contributed by atoms with van der Waals surface area (Å²) in [5, 5.41) is 0. The molecule has 2 heteroatoms. The summed E-state index contributed by atoms with van der Waals surface area (Å²) in [6.45, 7) is 12.7. The molecule has 0 unspecified atom stereocenters. The van der Waals surface area contributed by atoms with Gasteiger partial charge in [0.25, 0.3) is 0 Å². The van der Waals surface area contributed by atoms with E-state index in [9.17, 15) is 0 Å². The lowest BCUT2D eigenvalue weighted by molar-refractivity contribution is -0.930. The highest BCUT2D eigenvalue weighted by Crippen LogP contribution is 2.13. The fraction of sp³-hybridized carbons (Fsp3) is 1.00. The maximum absolute atomic E-state index is 2.46. The Morgan fingerprint density at radius 2 is 1.77 bits per heavy atom. The van der Waals surface area contributed by atoms with Gasteiger partial charge in [-0.1, -0.05) is 13.3 Å². The van der Waals surface area contributed by atoms with Crippen LogP contribution in [0.1, 0.15) is 26.7 Å². The number of unbranched alkanes of at least 4 members (excludes halogenated alkanes) is 1. The number of quaternary nitrogens is 1. The topological polar surface area (TPSA) is 3.24 Å². The first-order valence-electron chi connectivity index (χ1n) is 5.76. The molecule has 0 atom stereocenters. The zero-order valence-corrected chi connectivity index (χ0v) is 9.55. The van der Waals surface area contributed by atoms with E-state index in [4.69, 9.17) is 0 Å². The molecule has 1 heterocycles. The van der Waals surface area contributed by atoms with Gasteiger partial charge in [-0.25, -0.2) is 0 Å². The molecule has 78 valence electrons. The molecular formula is C11H25N2+. The number of piperazine rings is 1. The van der Waals surface area contributed by atoms with Crippen LogP contribution in [0.15, 0.2) is 0 Å². The minimum Gasteiger partial charge on any atom is -0.322 e. The van der Waals surface area contributed by atoms with Crippen molar-refractivity contribution in [1.82, 2.24) is 4.90 Å². The highest BCUT2D eigenvalue weighted by atomic mass is 15.4. The van der Waals surface area contributed by atoms with Crippen LogP contribution in [-0.4, -0.2) is 55.7 Å². The second-order valence-electron chi connectivity index (χ2n) is 4.49. The monoisotopic (exact) mass is 185 g/mol. The maximum atomic E-state index is 2.46. The number of likely N-dealkylation sites (N-methyl/N-ethyl adjacent to an activating group) is 2.